The van der Waals surface area contributed by atoms with Crippen LogP contribution in [0.5, 0.6) is 0 Å². The second kappa shape index (κ2) is 7.81. The molecular formula is C17H20N2O4S2. The van der Waals surface area contributed by atoms with Crippen molar-refractivity contribution < 1.29 is 16.8 Å². The van der Waals surface area contributed by atoms with Crippen LogP contribution in [0.25, 0.3) is 6.08 Å². The van der Waals surface area contributed by atoms with Crippen molar-refractivity contribution in [1.29, 1.82) is 0 Å². The molecule has 0 saturated heterocycles. The average Bonchev–Trinajstić information content (AvgIpc) is 2.58. The van der Waals surface area contributed by atoms with Crippen molar-refractivity contribution in [3.8, 4) is 0 Å². The van der Waals surface area contributed by atoms with E-state index in [1.165, 1.54) is 13.1 Å². The monoisotopic (exact) mass is 380 g/mol. The molecule has 25 heavy (non-hydrogen) atoms. The molecule has 8 heteroatoms. The lowest BCUT2D eigenvalue weighted by atomic mass is 10.2. The van der Waals surface area contributed by atoms with E-state index in [1.54, 1.807) is 24.3 Å². The molecule has 134 valence electrons. The molecule has 2 aromatic rings. The largest absolute Gasteiger partial charge is 0.274 e. The van der Waals surface area contributed by atoms with Gasteiger partial charge in [0.1, 0.15) is 0 Å². The summed E-state index contributed by atoms with van der Waals surface area (Å²) in [5.74, 6) is 0. The lowest BCUT2D eigenvalue weighted by Gasteiger charge is -2.16. The maximum atomic E-state index is 12.0. The smallest absolute Gasteiger partial charge is 0.234 e. The van der Waals surface area contributed by atoms with Crippen LogP contribution in [-0.4, -0.2) is 30.1 Å². The summed E-state index contributed by atoms with van der Waals surface area (Å²) >= 11 is 0. The molecule has 0 radical (unpaired) electrons. The molecular weight excluding hydrogens is 360 g/mol. The van der Waals surface area contributed by atoms with Crippen LogP contribution < -0.4 is 9.03 Å². The molecule has 0 saturated carbocycles. The topological polar surface area (TPSA) is 83.6 Å². The maximum absolute atomic E-state index is 12.0. The minimum atomic E-state index is -3.56. The highest BCUT2D eigenvalue weighted by atomic mass is 32.2. The van der Waals surface area contributed by atoms with Gasteiger partial charge in [0.15, 0.2) is 0 Å². The quantitative estimate of drug-likeness (QED) is 0.798. The fraction of sp³-hybridized carbons (Fsp3) is 0.176. The summed E-state index contributed by atoms with van der Waals surface area (Å²) in [6.07, 6.45) is 2.64. The van der Waals surface area contributed by atoms with Crippen molar-refractivity contribution >= 4 is 31.8 Å². The van der Waals surface area contributed by atoms with Crippen molar-refractivity contribution in [3.05, 3.63) is 71.1 Å². The van der Waals surface area contributed by atoms with Crippen molar-refractivity contribution in [3.63, 3.8) is 0 Å². The van der Waals surface area contributed by atoms with Crippen LogP contribution in [0.15, 0.2) is 60.0 Å². The molecule has 0 aromatic heterocycles. The van der Waals surface area contributed by atoms with Crippen LogP contribution in [0.4, 0.5) is 5.69 Å². The van der Waals surface area contributed by atoms with E-state index in [1.807, 2.05) is 30.3 Å². The summed E-state index contributed by atoms with van der Waals surface area (Å²) in [5, 5.41) is 1.12. The van der Waals surface area contributed by atoms with Crippen molar-refractivity contribution in [2.75, 3.05) is 17.6 Å². The molecule has 0 spiro atoms. The predicted octanol–water partition coefficient (Wildman–Crippen LogP) is 2.17. The van der Waals surface area contributed by atoms with E-state index >= 15 is 0 Å². The normalized spacial score (nSPS) is 12.4. The summed E-state index contributed by atoms with van der Waals surface area (Å²) < 4.78 is 50.6. The molecule has 2 rings (SSSR count). The number of benzene rings is 2. The Labute approximate surface area is 148 Å². The van der Waals surface area contributed by atoms with E-state index in [0.29, 0.717) is 5.69 Å². The number of hydrogen-bond acceptors (Lipinski definition) is 4. The standard InChI is InChI=1S/C17H20N2O4S2/c1-19(24(2,20)21)17-10-8-16(9-11-17)14-18-25(22,23)13-12-15-6-4-3-5-7-15/h3-13,18H,14H2,1-2H3. The molecule has 0 heterocycles. The van der Waals surface area contributed by atoms with Gasteiger partial charge in [-0.05, 0) is 29.3 Å². The van der Waals surface area contributed by atoms with Gasteiger partial charge in [-0.3, -0.25) is 4.31 Å². The molecule has 0 atom stereocenters. The number of nitrogens with one attached hydrogen (secondary N) is 1. The summed E-state index contributed by atoms with van der Waals surface area (Å²) in [6, 6.07) is 15.8. The van der Waals surface area contributed by atoms with Crippen LogP contribution in [0, 0.1) is 0 Å². The molecule has 2 aromatic carbocycles. The Kier molecular flexibility index (Phi) is 5.99. The molecule has 0 aliphatic heterocycles. The van der Waals surface area contributed by atoms with Gasteiger partial charge in [0.05, 0.1) is 11.9 Å². The zero-order valence-corrected chi connectivity index (χ0v) is 15.6. The van der Waals surface area contributed by atoms with Crippen LogP contribution in [0.1, 0.15) is 11.1 Å². The number of anilines is 1. The molecule has 0 amide bonds. The number of hydrogen-bond donors (Lipinski definition) is 1. The van der Waals surface area contributed by atoms with Crippen molar-refractivity contribution in [2.24, 2.45) is 0 Å². The molecule has 0 aliphatic carbocycles. The third-order valence-electron chi connectivity index (χ3n) is 3.51. The van der Waals surface area contributed by atoms with Crippen molar-refractivity contribution in [2.45, 2.75) is 6.54 Å². The third kappa shape index (κ3) is 6.00. The number of sulfonamides is 2. The third-order valence-corrected chi connectivity index (χ3v) is 5.76. The maximum Gasteiger partial charge on any atom is 0.234 e. The van der Waals surface area contributed by atoms with Gasteiger partial charge in [0.2, 0.25) is 20.0 Å². The molecule has 0 bridgehead atoms. The highest BCUT2D eigenvalue weighted by Crippen LogP contribution is 2.16. The zero-order valence-electron chi connectivity index (χ0n) is 14.0. The minimum absolute atomic E-state index is 0.115. The highest BCUT2D eigenvalue weighted by Gasteiger charge is 2.11. The van der Waals surface area contributed by atoms with E-state index in [9.17, 15) is 16.8 Å². The second-order valence-electron chi connectivity index (χ2n) is 5.48. The summed E-state index contributed by atoms with van der Waals surface area (Å²) in [6.45, 7) is 0.115. The van der Waals surface area contributed by atoms with E-state index in [4.69, 9.17) is 0 Å². The minimum Gasteiger partial charge on any atom is -0.274 e. The Bertz CT molecular complexity index is 936. The number of nitrogens with zero attached hydrogens (tertiary/aromatic N) is 1. The van der Waals surface area contributed by atoms with Gasteiger partial charge < -0.3 is 0 Å². The lowest BCUT2D eigenvalue weighted by molar-refractivity contribution is 0.590. The van der Waals surface area contributed by atoms with Gasteiger partial charge in [0.25, 0.3) is 0 Å². The predicted molar refractivity (Wildman–Crippen MR) is 101 cm³/mol. The Balaban J connectivity index is 2.00. The van der Waals surface area contributed by atoms with Crippen LogP contribution in [0.2, 0.25) is 0 Å². The van der Waals surface area contributed by atoms with Gasteiger partial charge in [0, 0.05) is 19.0 Å². The fourth-order valence-electron chi connectivity index (χ4n) is 1.98. The molecule has 0 unspecified atom stereocenters. The first kappa shape index (κ1) is 19.2. The SMILES string of the molecule is CN(c1ccc(CNS(=O)(=O)C=Cc2ccccc2)cc1)S(C)(=O)=O. The van der Waals surface area contributed by atoms with Gasteiger partial charge in [-0.2, -0.15) is 0 Å². The fourth-order valence-corrected chi connectivity index (χ4v) is 3.28. The lowest BCUT2D eigenvalue weighted by Crippen LogP contribution is -2.25. The molecule has 6 nitrogen and oxygen atoms in total. The summed E-state index contributed by atoms with van der Waals surface area (Å²) in [4.78, 5) is 0. The van der Waals surface area contributed by atoms with Gasteiger partial charge >= 0.3 is 0 Å². The Morgan fingerprint density at radius 3 is 2.12 bits per heavy atom. The van der Waals surface area contributed by atoms with Crippen LogP contribution >= 0.6 is 0 Å². The second-order valence-corrected chi connectivity index (χ2v) is 9.14. The van der Waals surface area contributed by atoms with Crippen LogP contribution in [0.3, 0.4) is 0 Å². The zero-order chi connectivity index (χ0) is 18.5. The van der Waals surface area contributed by atoms with Crippen molar-refractivity contribution in [1.82, 2.24) is 4.72 Å². The molecule has 0 aliphatic rings. The van der Waals surface area contributed by atoms with E-state index < -0.39 is 20.0 Å². The van der Waals surface area contributed by atoms with Crippen LogP contribution in [-0.2, 0) is 26.6 Å². The van der Waals surface area contributed by atoms with Gasteiger partial charge in [-0.15, -0.1) is 0 Å². The van der Waals surface area contributed by atoms with E-state index in [2.05, 4.69) is 4.72 Å². The van der Waals surface area contributed by atoms with E-state index in [-0.39, 0.29) is 6.54 Å². The first-order valence-corrected chi connectivity index (χ1v) is 10.8. The van der Waals surface area contributed by atoms with Gasteiger partial charge in [-0.25, -0.2) is 21.6 Å². The Hall–Kier alpha value is -2.16. The number of rotatable bonds is 7. The van der Waals surface area contributed by atoms with E-state index in [0.717, 1.165) is 27.1 Å². The highest BCUT2D eigenvalue weighted by molar-refractivity contribution is 7.92. The first-order chi connectivity index (χ1) is 11.7. The first-order valence-electron chi connectivity index (χ1n) is 7.43. The molecule has 0 fully saturated rings. The Morgan fingerprint density at radius 1 is 0.960 bits per heavy atom. The average molecular weight is 380 g/mol. The molecule has 1 N–H and O–H groups in total. The summed E-state index contributed by atoms with van der Waals surface area (Å²) in [7, 11) is -5.43. The van der Waals surface area contributed by atoms with Gasteiger partial charge in [-0.1, -0.05) is 42.5 Å². The Morgan fingerprint density at radius 2 is 1.56 bits per heavy atom. The summed E-state index contributed by atoms with van der Waals surface area (Å²) in [5.41, 5.74) is 2.03.